The van der Waals surface area contributed by atoms with Crippen molar-refractivity contribution >= 4 is 11.9 Å². The second kappa shape index (κ2) is 6.73. The van der Waals surface area contributed by atoms with Gasteiger partial charge in [-0.1, -0.05) is 0 Å². The molecule has 1 saturated carbocycles. The Morgan fingerprint density at radius 2 is 2.28 bits per heavy atom. The van der Waals surface area contributed by atoms with Gasteiger partial charge < -0.3 is 14.8 Å². The van der Waals surface area contributed by atoms with Crippen molar-refractivity contribution in [3.8, 4) is 0 Å². The highest BCUT2D eigenvalue weighted by molar-refractivity contribution is 5.84. The SMILES string of the molecule is CNC(=O)OCOC(C)(C)C[CH]C1CCCC1=O. The lowest BCUT2D eigenvalue weighted by Crippen LogP contribution is -2.29. The van der Waals surface area contributed by atoms with Crippen LogP contribution in [-0.4, -0.2) is 31.3 Å². The molecule has 1 atom stereocenters. The fourth-order valence-electron chi connectivity index (χ4n) is 1.89. The molecule has 1 unspecified atom stereocenters. The molecule has 0 aromatic rings. The predicted molar refractivity (Wildman–Crippen MR) is 66.8 cm³/mol. The van der Waals surface area contributed by atoms with E-state index in [1.54, 1.807) is 0 Å². The summed E-state index contributed by atoms with van der Waals surface area (Å²) in [4.78, 5) is 22.3. The third-order valence-corrected chi connectivity index (χ3v) is 3.09. The lowest BCUT2D eigenvalue weighted by Gasteiger charge is -2.25. The van der Waals surface area contributed by atoms with Crippen LogP contribution in [0.5, 0.6) is 0 Å². The standard InChI is InChI=1S/C13H22NO4/c1-13(2,18-9-17-12(16)14-3)8-7-10-5-4-6-11(10)15/h7,10H,4-6,8-9H2,1-3H3,(H,14,16). The number of carbonyl (C=O) groups is 2. The van der Waals surface area contributed by atoms with Gasteiger partial charge in [0.2, 0.25) is 0 Å². The van der Waals surface area contributed by atoms with Gasteiger partial charge in [-0.3, -0.25) is 4.79 Å². The molecular formula is C13H22NO4. The smallest absolute Gasteiger partial charge is 0.408 e. The van der Waals surface area contributed by atoms with E-state index in [0.717, 1.165) is 12.8 Å². The first-order chi connectivity index (χ1) is 8.44. The molecule has 1 rings (SSSR count). The van der Waals surface area contributed by atoms with Crippen molar-refractivity contribution in [1.29, 1.82) is 0 Å². The summed E-state index contributed by atoms with van der Waals surface area (Å²) in [6, 6.07) is 0. The van der Waals surface area contributed by atoms with Gasteiger partial charge in [0.1, 0.15) is 5.78 Å². The van der Waals surface area contributed by atoms with E-state index < -0.39 is 11.7 Å². The number of hydrogen-bond donors (Lipinski definition) is 1. The topological polar surface area (TPSA) is 64.6 Å². The lowest BCUT2D eigenvalue weighted by molar-refractivity contribution is -0.120. The summed E-state index contributed by atoms with van der Waals surface area (Å²) in [5, 5.41) is 2.34. The summed E-state index contributed by atoms with van der Waals surface area (Å²) in [6.45, 7) is 3.74. The van der Waals surface area contributed by atoms with Gasteiger partial charge >= 0.3 is 6.09 Å². The van der Waals surface area contributed by atoms with E-state index in [9.17, 15) is 9.59 Å². The molecule has 18 heavy (non-hydrogen) atoms. The number of nitrogens with one attached hydrogen (secondary N) is 1. The molecule has 1 aliphatic carbocycles. The minimum Gasteiger partial charge on any atom is -0.422 e. The maximum Gasteiger partial charge on any atom is 0.408 e. The van der Waals surface area contributed by atoms with Crippen molar-refractivity contribution in [3.63, 3.8) is 0 Å². The fourth-order valence-corrected chi connectivity index (χ4v) is 1.89. The molecule has 0 bridgehead atoms. The van der Waals surface area contributed by atoms with Crippen LogP contribution in [-0.2, 0) is 14.3 Å². The molecule has 1 amide bonds. The number of hydrogen-bond acceptors (Lipinski definition) is 4. The van der Waals surface area contributed by atoms with Crippen LogP contribution < -0.4 is 5.32 Å². The first-order valence-electron chi connectivity index (χ1n) is 6.29. The molecule has 5 nitrogen and oxygen atoms in total. The molecule has 0 heterocycles. The highest BCUT2D eigenvalue weighted by Crippen LogP contribution is 2.28. The van der Waals surface area contributed by atoms with Gasteiger partial charge in [-0.2, -0.15) is 0 Å². The van der Waals surface area contributed by atoms with Gasteiger partial charge in [-0.05, 0) is 39.5 Å². The summed E-state index contributed by atoms with van der Waals surface area (Å²) < 4.78 is 10.2. The molecule has 5 heteroatoms. The second-order valence-corrected chi connectivity index (χ2v) is 5.11. The molecule has 0 spiro atoms. The third kappa shape index (κ3) is 5.04. The van der Waals surface area contributed by atoms with E-state index in [4.69, 9.17) is 9.47 Å². The normalized spacial score (nSPS) is 19.9. The summed E-state index contributed by atoms with van der Waals surface area (Å²) in [6.07, 6.45) is 4.81. The zero-order valence-corrected chi connectivity index (χ0v) is 11.3. The molecule has 103 valence electrons. The molecule has 1 radical (unpaired) electrons. The van der Waals surface area contributed by atoms with Crippen LogP contribution in [0.25, 0.3) is 0 Å². The van der Waals surface area contributed by atoms with Crippen LogP contribution in [0, 0.1) is 12.3 Å². The molecule has 0 aliphatic heterocycles. The van der Waals surface area contributed by atoms with Gasteiger partial charge in [0.15, 0.2) is 6.79 Å². The van der Waals surface area contributed by atoms with Crippen molar-refractivity contribution in [3.05, 3.63) is 6.42 Å². The first-order valence-corrected chi connectivity index (χ1v) is 6.29. The molecule has 0 saturated heterocycles. The lowest BCUT2D eigenvalue weighted by atomic mass is 9.93. The van der Waals surface area contributed by atoms with Gasteiger partial charge in [-0.15, -0.1) is 0 Å². The summed E-state index contributed by atoms with van der Waals surface area (Å²) in [7, 11) is 1.49. The number of amides is 1. The van der Waals surface area contributed by atoms with Crippen molar-refractivity contribution in [1.82, 2.24) is 5.32 Å². The van der Waals surface area contributed by atoms with E-state index >= 15 is 0 Å². The molecule has 1 N–H and O–H groups in total. The summed E-state index contributed by atoms with van der Waals surface area (Å²) in [5.74, 6) is 0.403. The van der Waals surface area contributed by atoms with E-state index in [1.807, 2.05) is 20.3 Å². The highest BCUT2D eigenvalue weighted by atomic mass is 16.7. The van der Waals surface area contributed by atoms with Crippen LogP contribution in [0.3, 0.4) is 0 Å². The Labute approximate surface area is 108 Å². The van der Waals surface area contributed by atoms with Crippen LogP contribution in [0.1, 0.15) is 39.5 Å². The predicted octanol–water partition coefficient (Wildman–Crippen LogP) is 2.06. The number of rotatable bonds is 6. The van der Waals surface area contributed by atoms with Gasteiger partial charge in [-0.25, -0.2) is 4.79 Å². The van der Waals surface area contributed by atoms with Gasteiger partial charge in [0.05, 0.1) is 5.60 Å². The Balaban J connectivity index is 2.22. The number of ether oxygens (including phenoxy) is 2. The average molecular weight is 256 g/mol. The average Bonchev–Trinajstić information content (AvgIpc) is 2.72. The third-order valence-electron chi connectivity index (χ3n) is 3.09. The van der Waals surface area contributed by atoms with E-state index in [1.165, 1.54) is 7.05 Å². The summed E-state index contributed by atoms with van der Waals surface area (Å²) in [5.41, 5.74) is -0.434. The molecule has 1 fully saturated rings. The molecule has 0 aromatic heterocycles. The van der Waals surface area contributed by atoms with E-state index in [2.05, 4.69) is 5.32 Å². The number of Topliss-reactive ketones (excluding diaryl/α,β-unsaturated/α-hetero) is 1. The van der Waals surface area contributed by atoms with Crippen molar-refractivity contribution in [2.45, 2.75) is 45.1 Å². The molecular weight excluding hydrogens is 234 g/mol. The van der Waals surface area contributed by atoms with Crippen LogP contribution >= 0.6 is 0 Å². The minimum atomic E-state index is -0.513. The maximum absolute atomic E-state index is 11.5. The Bertz CT molecular complexity index is 301. The monoisotopic (exact) mass is 256 g/mol. The van der Waals surface area contributed by atoms with Crippen LogP contribution in [0.2, 0.25) is 0 Å². The number of carbonyl (C=O) groups excluding carboxylic acids is 2. The van der Waals surface area contributed by atoms with Crippen molar-refractivity contribution in [2.75, 3.05) is 13.8 Å². The Kier molecular flexibility index (Phi) is 5.59. The zero-order valence-electron chi connectivity index (χ0n) is 11.3. The Morgan fingerprint density at radius 3 is 2.83 bits per heavy atom. The first kappa shape index (κ1) is 15.0. The largest absolute Gasteiger partial charge is 0.422 e. The molecule has 0 aromatic carbocycles. The fraction of sp³-hybridized carbons (Fsp3) is 0.769. The van der Waals surface area contributed by atoms with E-state index in [-0.39, 0.29) is 12.7 Å². The number of alkyl carbamates (subject to hydrolysis) is 1. The van der Waals surface area contributed by atoms with E-state index in [0.29, 0.717) is 18.6 Å². The zero-order chi connectivity index (χ0) is 13.6. The quantitative estimate of drug-likeness (QED) is 0.739. The van der Waals surface area contributed by atoms with Gasteiger partial charge in [0.25, 0.3) is 0 Å². The van der Waals surface area contributed by atoms with Crippen LogP contribution in [0.4, 0.5) is 4.79 Å². The van der Waals surface area contributed by atoms with Gasteiger partial charge in [0, 0.05) is 19.4 Å². The van der Waals surface area contributed by atoms with Crippen molar-refractivity contribution in [2.24, 2.45) is 5.92 Å². The minimum absolute atomic E-state index is 0.0766. The Morgan fingerprint density at radius 1 is 1.56 bits per heavy atom. The Hall–Kier alpha value is -1.10. The number of ketones is 1. The second-order valence-electron chi connectivity index (χ2n) is 5.11. The highest BCUT2D eigenvalue weighted by Gasteiger charge is 2.28. The van der Waals surface area contributed by atoms with Crippen LogP contribution in [0.15, 0.2) is 0 Å². The summed E-state index contributed by atoms with van der Waals surface area (Å²) >= 11 is 0. The molecule has 1 aliphatic rings. The van der Waals surface area contributed by atoms with Crippen molar-refractivity contribution < 1.29 is 19.1 Å². The maximum atomic E-state index is 11.5.